The minimum Gasteiger partial charge on any atom is -0.475 e. The number of amides is 1. The molecule has 0 unspecified atom stereocenters. The summed E-state index contributed by atoms with van der Waals surface area (Å²) < 4.78 is 33.3. The largest absolute Gasteiger partial charge is 0.490 e. The van der Waals surface area contributed by atoms with E-state index in [-0.39, 0.29) is 22.7 Å². The summed E-state index contributed by atoms with van der Waals surface area (Å²) in [5.41, 5.74) is 3.07. The summed E-state index contributed by atoms with van der Waals surface area (Å²) in [6, 6.07) is 13.1. The van der Waals surface area contributed by atoms with Crippen molar-refractivity contribution < 1.29 is 27.9 Å². The van der Waals surface area contributed by atoms with Gasteiger partial charge in [0.05, 0.1) is 6.54 Å². The molecule has 1 aromatic carbocycles. The molecule has 0 fully saturated rings. The van der Waals surface area contributed by atoms with Gasteiger partial charge in [-0.3, -0.25) is 19.1 Å². The SMILES string of the molecule is CC1(C)C[C@@H](C(=O)NCc2cc3cnccc3[nH]2)n2c1cnc(NCc1ccccc1)c2=O.O=C(O)C(F)(F)F. The second-order valence-electron chi connectivity index (χ2n) is 9.89. The number of carbonyl (C=O) groups excluding carboxylic acids is 1. The number of benzene rings is 1. The topological polar surface area (TPSA) is 142 Å². The van der Waals surface area contributed by atoms with E-state index in [9.17, 15) is 22.8 Å². The van der Waals surface area contributed by atoms with Crippen LogP contribution in [0.4, 0.5) is 19.0 Å². The van der Waals surface area contributed by atoms with Gasteiger partial charge in [0.15, 0.2) is 5.82 Å². The molecular formula is C27H27F3N6O4. The molecule has 13 heteroatoms. The van der Waals surface area contributed by atoms with Crippen LogP contribution in [-0.2, 0) is 28.1 Å². The minimum absolute atomic E-state index is 0.180. The maximum Gasteiger partial charge on any atom is 0.490 e. The number of halogens is 3. The average molecular weight is 557 g/mol. The first kappa shape index (κ1) is 28.3. The number of H-pyrrole nitrogens is 1. The number of carbonyl (C=O) groups is 2. The summed E-state index contributed by atoms with van der Waals surface area (Å²) in [5.74, 6) is -2.69. The van der Waals surface area contributed by atoms with Crippen LogP contribution in [0.15, 0.2) is 65.8 Å². The zero-order chi connectivity index (χ0) is 29.1. The lowest BCUT2D eigenvalue weighted by Gasteiger charge is -2.17. The van der Waals surface area contributed by atoms with Crippen LogP contribution in [0.25, 0.3) is 10.9 Å². The average Bonchev–Trinajstić information content (AvgIpc) is 3.45. The monoisotopic (exact) mass is 556 g/mol. The number of carboxylic acid groups (broad SMARTS) is 1. The predicted octanol–water partition coefficient (Wildman–Crippen LogP) is 3.90. The molecule has 40 heavy (non-hydrogen) atoms. The van der Waals surface area contributed by atoms with E-state index in [4.69, 9.17) is 9.90 Å². The van der Waals surface area contributed by atoms with Crippen molar-refractivity contribution in [2.75, 3.05) is 5.32 Å². The molecule has 0 bridgehead atoms. The number of nitrogens with one attached hydrogen (secondary N) is 3. The first-order valence-electron chi connectivity index (χ1n) is 12.3. The Morgan fingerprint density at radius 3 is 2.50 bits per heavy atom. The Labute approximate surface area is 226 Å². The first-order valence-corrected chi connectivity index (χ1v) is 12.3. The molecule has 4 N–H and O–H groups in total. The summed E-state index contributed by atoms with van der Waals surface area (Å²) in [7, 11) is 0. The van der Waals surface area contributed by atoms with Crippen molar-refractivity contribution >= 4 is 28.6 Å². The van der Waals surface area contributed by atoms with E-state index >= 15 is 0 Å². The van der Waals surface area contributed by atoms with Crippen molar-refractivity contribution in [1.29, 1.82) is 0 Å². The lowest BCUT2D eigenvalue weighted by molar-refractivity contribution is -0.192. The molecule has 4 aromatic rings. The lowest BCUT2D eigenvalue weighted by atomic mass is 9.87. The predicted molar refractivity (Wildman–Crippen MR) is 141 cm³/mol. The van der Waals surface area contributed by atoms with Crippen molar-refractivity contribution in [2.45, 2.75) is 51.0 Å². The standard InChI is InChI=1S/C25H26N6O2.C2HF3O2/c1-25(2)11-20(23(32)29-14-18-10-17-13-26-9-8-19(17)30-18)31-21(25)15-28-22(24(31)33)27-12-16-6-4-3-5-7-16;3-2(4,5)1(6)7/h3-10,13,15,20,30H,11-12,14H2,1-2H3,(H,27,28)(H,29,32);(H,6,7)/t20-;/m0./s1. The number of hydrogen-bond acceptors (Lipinski definition) is 6. The molecule has 5 rings (SSSR count). The van der Waals surface area contributed by atoms with Gasteiger partial charge < -0.3 is 20.7 Å². The van der Waals surface area contributed by atoms with E-state index in [0.717, 1.165) is 27.9 Å². The van der Waals surface area contributed by atoms with Gasteiger partial charge in [0, 0.05) is 52.8 Å². The quantitative estimate of drug-likeness (QED) is 0.282. The highest BCUT2D eigenvalue weighted by atomic mass is 19.4. The Balaban J connectivity index is 0.000000470. The minimum atomic E-state index is -5.08. The highest BCUT2D eigenvalue weighted by molar-refractivity contribution is 5.82. The number of alkyl halides is 3. The molecule has 0 aliphatic carbocycles. The molecule has 0 saturated heterocycles. The van der Waals surface area contributed by atoms with E-state index in [1.165, 1.54) is 0 Å². The van der Waals surface area contributed by atoms with Gasteiger partial charge in [-0.05, 0) is 24.1 Å². The molecule has 1 amide bonds. The van der Waals surface area contributed by atoms with Gasteiger partial charge in [0.25, 0.3) is 5.56 Å². The van der Waals surface area contributed by atoms with E-state index in [1.54, 1.807) is 23.2 Å². The first-order chi connectivity index (χ1) is 18.9. The summed E-state index contributed by atoms with van der Waals surface area (Å²) in [6.45, 7) is 4.90. The van der Waals surface area contributed by atoms with Crippen LogP contribution < -0.4 is 16.2 Å². The molecule has 0 radical (unpaired) electrons. The third-order valence-electron chi connectivity index (χ3n) is 6.48. The van der Waals surface area contributed by atoms with Gasteiger partial charge in [-0.2, -0.15) is 13.2 Å². The van der Waals surface area contributed by atoms with Gasteiger partial charge in [0.1, 0.15) is 6.04 Å². The maximum atomic E-state index is 13.3. The maximum absolute atomic E-state index is 13.3. The van der Waals surface area contributed by atoms with Crippen LogP contribution in [0, 0.1) is 0 Å². The van der Waals surface area contributed by atoms with Gasteiger partial charge in [-0.25, -0.2) is 9.78 Å². The number of rotatable bonds is 6. The molecule has 1 aliphatic rings. The Bertz CT molecular complexity index is 1550. The molecule has 3 aromatic heterocycles. The zero-order valence-electron chi connectivity index (χ0n) is 21.6. The van der Waals surface area contributed by atoms with Gasteiger partial charge >= 0.3 is 12.1 Å². The zero-order valence-corrected chi connectivity index (χ0v) is 21.6. The van der Waals surface area contributed by atoms with Crippen molar-refractivity contribution in [3.05, 3.63) is 88.4 Å². The molecule has 1 aliphatic heterocycles. The number of hydrogen-bond donors (Lipinski definition) is 4. The van der Waals surface area contributed by atoms with Crippen LogP contribution >= 0.6 is 0 Å². The van der Waals surface area contributed by atoms with Crippen LogP contribution in [-0.4, -0.2) is 42.7 Å². The fraction of sp³-hybridized carbons (Fsp3) is 0.296. The highest BCUT2D eigenvalue weighted by Gasteiger charge is 2.42. The molecule has 210 valence electrons. The van der Waals surface area contributed by atoms with E-state index < -0.39 is 18.2 Å². The number of carboxylic acids is 1. The van der Waals surface area contributed by atoms with Crippen LogP contribution in [0.2, 0.25) is 0 Å². The van der Waals surface area contributed by atoms with E-state index in [2.05, 4.69) is 25.6 Å². The summed E-state index contributed by atoms with van der Waals surface area (Å²) in [6.07, 6.45) is 0.674. The highest BCUT2D eigenvalue weighted by Crippen LogP contribution is 2.39. The normalized spacial score (nSPS) is 15.6. The number of anilines is 1. The number of fused-ring (bicyclic) bond motifs is 2. The molecule has 4 heterocycles. The number of nitrogens with zero attached hydrogens (tertiary/aromatic N) is 3. The van der Waals surface area contributed by atoms with Gasteiger partial charge in [-0.15, -0.1) is 0 Å². The van der Waals surface area contributed by atoms with Crippen LogP contribution in [0.5, 0.6) is 0 Å². The molecule has 10 nitrogen and oxygen atoms in total. The Kier molecular flexibility index (Phi) is 7.93. The lowest BCUT2D eigenvalue weighted by Crippen LogP contribution is -2.36. The van der Waals surface area contributed by atoms with Crippen molar-refractivity contribution in [2.24, 2.45) is 0 Å². The van der Waals surface area contributed by atoms with Gasteiger partial charge in [0.2, 0.25) is 5.91 Å². The Morgan fingerprint density at radius 2 is 1.85 bits per heavy atom. The van der Waals surface area contributed by atoms with Crippen LogP contribution in [0.1, 0.15) is 43.3 Å². The number of aromatic nitrogens is 4. The van der Waals surface area contributed by atoms with Crippen molar-refractivity contribution in [1.82, 2.24) is 24.8 Å². The third-order valence-corrected chi connectivity index (χ3v) is 6.48. The summed E-state index contributed by atoms with van der Waals surface area (Å²) >= 11 is 0. The van der Waals surface area contributed by atoms with E-state index in [1.807, 2.05) is 56.3 Å². The summed E-state index contributed by atoms with van der Waals surface area (Å²) in [5, 5.41) is 14.2. The van der Waals surface area contributed by atoms with Crippen LogP contribution in [0.3, 0.4) is 0 Å². The fourth-order valence-electron chi connectivity index (χ4n) is 4.50. The van der Waals surface area contributed by atoms with Gasteiger partial charge in [-0.1, -0.05) is 44.2 Å². The molecular weight excluding hydrogens is 529 g/mol. The number of aromatic amines is 1. The summed E-state index contributed by atoms with van der Waals surface area (Å²) in [4.78, 5) is 47.2. The molecule has 1 atom stereocenters. The van der Waals surface area contributed by atoms with Crippen molar-refractivity contribution in [3.63, 3.8) is 0 Å². The smallest absolute Gasteiger partial charge is 0.475 e. The fourth-order valence-corrected chi connectivity index (χ4v) is 4.50. The number of aliphatic carboxylic acids is 1. The van der Waals surface area contributed by atoms with E-state index in [0.29, 0.717) is 19.5 Å². The second-order valence-corrected chi connectivity index (χ2v) is 9.89. The molecule has 0 saturated carbocycles. The molecule has 0 spiro atoms. The third kappa shape index (κ3) is 6.30. The second kappa shape index (κ2) is 11.2. The van der Waals surface area contributed by atoms with Crippen molar-refractivity contribution in [3.8, 4) is 0 Å². The Hall–Kier alpha value is -4.68. The number of pyridine rings is 1. The Morgan fingerprint density at radius 1 is 1.15 bits per heavy atom.